The number of aliphatic imine (C=N–C) groups is 1. The average molecular weight is 140 g/mol. The molecule has 0 atom stereocenters. The SMILES string of the molecule is C=C(CC)NC(=O)N=CC. The van der Waals surface area contributed by atoms with E-state index in [9.17, 15) is 4.79 Å². The predicted octanol–water partition coefficient (Wildman–Crippen LogP) is 1.71. The standard InChI is InChI=1S/C7H12N2O/c1-4-6(3)9-7(10)8-5-2/h5H,3-4H2,1-2H3,(H,9,10). The van der Waals surface area contributed by atoms with Crippen LogP contribution in [0.25, 0.3) is 0 Å². The van der Waals surface area contributed by atoms with E-state index in [4.69, 9.17) is 0 Å². The van der Waals surface area contributed by atoms with Gasteiger partial charge in [0.15, 0.2) is 0 Å². The fourth-order valence-electron chi connectivity index (χ4n) is 0.389. The van der Waals surface area contributed by atoms with Gasteiger partial charge >= 0.3 is 6.03 Å². The quantitative estimate of drug-likeness (QED) is 0.583. The molecule has 0 fully saturated rings. The van der Waals surface area contributed by atoms with E-state index in [-0.39, 0.29) is 6.03 Å². The van der Waals surface area contributed by atoms with Crippen molar-refractivity contribution >= 4 is 12.2 Å². The van der Waals surface area contributed by atoms with E-state index in [0.717, 1.165) is 6.42 Å². The smallest absolute Gasteiger partial charge is 0.310 e. The van der Waals surface area contributed by atoms with Crippen LogP contribution in [0.4, 0.5) is 4.79 Å². The Labute approximate surface area is 60.8 Å². The van der Waals surface area contributed by atoms with E-state index >= 15 is 0 Å². The Morgan fingerprint density at radius 1 is 1.80 bits per heavy atom. The number of hydrogen-bond acceptors (Lipinski definition) is 1. The zero-order chi connectivity index (χ0) is 7.98. The normalized spacial score (nSPS) is 9.80. The monoisotopic (exact) mass is 140 g/mol. The van der Waals surface area contributed by atoms with Gasteiger partial charge in [-0.25, -0.2) is 9.79 Å². The maximum Gasteiger partial charge on any atom is 0.344 e. The summed E-state index contributed by atoms with van der Waals surface area (Å²) in [5.74, 6) is 0. The number of allylic oxidation sites excluding steroid dienone is 1. The van der Waals surface area contributed by atoms with Crippen molar-refractivity contribution in [3.63, 3.8) is 0 Å². The summed E-state index contributed by atoms with van der Waals surface area (Å²) in [5, 5.41) is 2.50. The lowest BCUT2D eigenvalue weighted by molar-refractivity contribution is 0.251. The molecule has 0 aromatic carbocycles. The van der Waals surface area contributed by atoms with Crippen LogP contribution >= 0.6 is 0 Å². The van der Waals surface area contributed by atoms with Crippen molar-refractivity contribution in [3.05, 3.63) is 12.3 Å². The largest absolute Gasteiger partial charge is 0.344 e. The molecule has 0 unspecified atom stereocenters. The van der Waals surface area contributed by atoms with Gasteiger partial charge in [0.1, 0.15) is 0 Å². The molecule has 0 rings (SSSR count). The van der Waals surface area contributed by atoms with Crippen molar-refractivity contribution in [2.75, 3.05) is 0 Å². The van der Waals surface area contributed by atoms with Crippen LogP contribution in [0.15, 0.2) is 17.3 Å². The summed E-state index contributed by atoms with van der Waals surface area (Å²) in [7, 11) is 0. The molecule has 10 heavy (non-hydrogen) atoms. The highest BCUT2D eigenvalue weighted by molar-refractivity contribution is 5.83. The van der Waals surface area contributed by atoms with E-state index in [1.807, 2.05) is 6.92 Å². The van der Waals surface area contributed by atoms with Gasteiger partial charge < -0.3 is 5.32 Å². The average Bonchev–Trinajstić information content (AvgIpc) is 1.88. The molecular formula is C7H12N2O. The zero-order valence-electron chi connectivity index (χ0n) is 6.35. The second-order valence-corrected chi connectivity index (χ2v) is 1.77. The van der Waals surface area contributed by atoms with Crippen molar-refractivity contribution in [2.45, 2.75) is 20.3 Å². The Balaban J connectivity index is 3.68. The number of carbonyl (C=O) groups is 1. The molecule has 0 bridgehead atoms. The lowest BCUT2D eigenvalue weighted by Crippen LogP contribution is -2.17. The Kier molecular flexibility index (Phi) is 4.20. The van der Waals surface area contributed by atoms with Crippen LogP contribution in [-0.2, 0) is 0 Å². The summed E-state index contributed by atoms with van der Waals surface area (Å²) in [4.78, 5) is 14.1. The van der Waals surface area contributed by atoms with Crippen molar-refractivity contribution in [1.29, 1.82) is 0 Å². The highest BCUT2D eigenvalue weighted by Crippen LogP contribution is 1.89. The highest BCUT2D eigenvalue weighted by Gasteiger charge is 1.94. The molecule has 3 heteroatoms. The first-order valence-electron chi connectivity index (χ1n) is 3.18. The fourth-order valence-corrected chi connectivity index (χ4v) is 0.389. The third kappa shape index (κ3) is 3.83. The van der Waals surface area contributed by atoms with Crippen molar-refractivity contribution in [2.24, 2.45) is 4.99 Å². The summed E-state index contributed by atoms with van der Waals surface area (Å²) in [6.07, 6.45) is 2.18. The van der Waals surface area contributed by atoms with Gasteiger partial charge in [-0.1, -0.05) is 13.5 Å². The lowest BCUT2D eigenvalue weighted by Gasteiger charge is -1.99. The predicted molar refractivity (Wildman–Crippen MR) is 42.1 cm³/mol. The van der Waals surface area contributed by atoms with Gasteiger partial charge in [0, 0.05) is 11.9 Å². The maximum absolute atomic E-state index is 10.6. The molecule has 3 nitrogen and oxygen atoms in total. The third-order valence-corrected chi connectivity index (χ3v) is 0.957. The van der Waals surface area contributed by atoms with Gasteiger partial charge in [0.25, 0.3) is 0 Å². The first-order chi connectivity index (χ1) is 4.70. The molecule has 0 aliphatic carbocycles. The molecule has 0 heterocycles. The summed E-state index contributed by atoms with van der Waals surface area (Å²) < 4.78 is 0. The minimum Gasteiger partial charge on any atom is -0.310 e. The molecule has 0 radical (unpaired) electrons. The van der Waals surface area contributed by atoms with E-state index in [1.165, 1.54) is 6.21 Å². The van der Waals surface area contributed by atoms with E-state index in [2.05, 4.69) is 16.9 Å². The summed E-state index contributed by atoms with van der Waals surface area (Å²) in [5.41, 5.74) is 0.690. The van der Waals surface area contributed by atoms with Crippen LogP contribution in [-0.4, -0.2) is 12.2 Å². The van der Waals surface area contributed by atoms with Gasteiger partial charge in [0.2, 0.25) is 0 Å². The Morgan fingerprint density at radius 3 is 2.80 bits per heavy atom. The molecule has 0 aromatic heterocycles. The number of urea groups is 1. The highest BCUT2D eigenvalue weighted by atomic mass is 16.2. The molecule has 2 amide bonds. The lowest BCUT2D eigenvalue weighted by atomic mass is 10.4. The second-order valence-electron chi connectivity index (χ2n) is 1.77. The fraction of sp³-hybridized carbons (Fsp3) is 0.429. The first kappa shape index (κ1) is 8.88. The number of hydrogen-bond donors (Lipinski definition) is 1. The minimum atomic E-state index is -0.352. The van der Waals surface area contributed by atoms with E-state index < -0.39 is 0 Å². The second kappa shape index (κ2) is 4.73. The molecule has 1 N–H and O–H groups in total. The molecule has 0 saturated carbocycles. The van der Waals surface area contributed by atoms with Gasteiger partial charge in [-0.05, 0) is 13.3 Å². The van der Waals surface area contributed by atoms with Gasteiger partial charge in [-0.3, -0.25) is 0 Å². The molecule has 0 aliphatic heterocycles. The molecule has 0 saturated heterocycles. The third-order valence-electron chi connectivity index (χ3n) is 0.957. The van der Waals surface area contributed by atoms with Crippen molar-refractivity contribution < 1.29 is 4.79 Å². The van der Waals surface area contributed by atoms with Crippen LogP contribution in [0.2, 0.25) is 0 Å². The Bertz CT molecular complexity index is 161. The molecule has 56 valence electrons. The number of amides is 2. The topological polar surface area (TPSA) is 41.5 Å². The summed E-state index contributed by atoms with van der Waals surface area (Å²) in [6.45, 7) is 7.19. The van der Waals surface area contributed by atoms with E-state index in [0.29, 0.717) is 5.70 Å². The Morgan fingerprint density at radius 2 is 2.40 bits per heavy atom. The number of rotatable bonds is 2. The molecule has 0 spiro atoms. The zero-order valence-corrected chi connectivity index (χ0v) is 6.35. The van der Waals surface area contributed by atoms with Crippen molar-refractivity contribution in [3.8, 4) is 0 Å². The molecular weight excluding hydrogens is 128 g/mol. The van der Waals surface area contributed by atoms with E-state index in [1.54, 1.807) is 6.92 Å². The number of carbonyl (C=O) groups excluding carboxylic acids is 1. The maximum atomic E-state index is 10.6. The van der Waals surface area contributed by atoms with Gasteiger partial charge in [-0.2, -0.15) is 0 Å². The van der Waals surface area contributed by atoms with Crippen LogP contribution in [0.3, 0.4) is 0 Å². The van der Waals surface area contributed by atoms with Crippen LogP contribution < -0.4 is 5.32 Å². The van der Waals surface area contributed by atoms with Crippen LogP contribution in [0, 0.1) is 0 Å². The van der Waals surface area contributed by atoms with Gasteiger partial charge in [0.05, 0.1) is 0 Å². The first-order valence-corrected chi connectivity index (χ1v) is 3.18. The summed E-state index contributed by atoms with van der Waals surface area (Å²) in [6, 6.07) is -0.352. The van der Waals surface area contributed by atoms with Crippen LogP contribution in [0.1, 0.15) is 20.3 Å². The van der Waals surface area contributed by atoms with Gasteiger partial charge in [-0.15, -0.1) is 0 Å². The minimum absolute atomic E-state index is 0.352. The summed E-state index contributed by atoms with van der Waals surface area (Å²) >= 11 is 0. The molecule has 0 aliphatic rings. The number of nitrogens with zero attached hydrogens (tertiary/aromatic N) is 1. The Hall–Kier alpha value is -1.12. The van der Waals surface area contributed by atoms with Crippen LogP contribution in [0.5, 0.6) is 0 Å². The molecule has 0 aromatic rings. The van der Waals surface area contributed by atoms with Crippen molar-refractivity contribution in [1.82, 2.24) is 5.32 Å². The number of nitrogens with one attached hydrogen (secondary N) is 1.